The highest BCUT2D eigenvalue weighted by atomic mass is 19.4. The molecule has 17 heteroatoms. The van der Waals surface area contributed by atoms with Crippen molar-refractivity contribution in [3.05, 3.63) is 63.8 Å². The predicted octanol–water partition coefficient (Wildman–Crippen LogP) is 3.85. The number of nitrogens with zero attached hydrogens (tertiary/aromatic N) is 6. The molecule has 2 aliphatic heterocycles. The fourth-order valence-corrected chi connectivity index (χ4v) is 5.68. The Labute approximate surface area is 272 Å². The number of likely N-dealkylation sites (N-methyl/N-ethyl adjacent to an activating group) is 1. The van der Waals surface area contributed by atoms with Crippen LogP contribution in [0.15, 0.2) is 35.5 Å². The van der Waals surface area contributed by atoms with E-state index in [1.54, 1.807) is 4.90 Å². The van der Waals surface area contributed by atoms with Crippen LogP contribution in [-0.4, -0.2) is 94.9 Å². The average Bonchev–Trinajstić information content (AvgIpc) is 3.02. The minimum atomic E-state index is -5.05. The van der Waals surface area contributed by atoms with Gasteiger partial charge in [-0.1, -0.05) is 0 Å². The Morgan fingerprint density at radius 2 is 1.65 bits per heavy atom. The number of carbonyl (C=O) groups is 2. The number of pyridine rings is 1. The molecule has 2 aliphatic rings. The number of rotatable bonds is 5. The number of morpholine rings is 1. The largest absolute Gasteiger partial charge is 0.483 e. The van der Waals surface area contributed by atoms with Crippen molar-refractivity contribution in [3.8, 4) is 11.1 Å². The van der Waals surface area contributed by atoms with Gasteiger partial charge in [0.1, 0.15) is 11.5 Å². The highest BCUT2D eigenvalue weighted by molar-refractivity contribution is 6.07. The van der Waals surface area contributed by atoms with Gasteiger partial charge in [-0.25, -0.2) is 18.7 Å². The third-order valence-corrected chi connectivity index (χ3v) is 8.37. The maximum Gasteiger partial charge on any atom is 0.417 e. The van der Waals surface area contributed by atoms with E-state index in [-0.39, 0.29) is 35.9 Å². The Kier molecular flexibility index (Phi) is 11.0. The number of hydrogen-bond donors (Lipinski definition) is 2. The predicted molar refractivity (Wildman–Crippen MR) is 167 cm³/mol. The van der Waals surface area contributed by atoms with Crippen molar-refractivity contribution in [3.63, 3.8) is 0 Å². The van der Waals surface area contributed by atoms with Gasteiger partial charge in [-0.2, -0.15) is 13.2 Å². The van der Waals surface area contributed by atoms with Gasteiger partial charge in [0.15, 0.2) is 5.82 Å². The maximum atomic E-state index is 16.5. The minimum absolute atomic E-state index is 0.0321. The Balaban J connectivity index is 0.00000167. The van der Waals surface area contributed by atoms with Gasteiger partial charge < -0.3 is 29.5 Å². The van der Waals surface area contributed by atoms with E-state index >= 15 is 8.78 Å². The number of piperazine rings is 1. The number of aryl methyl sites for hydroxylation is 1. The molecule has 5 rings (SSSR count). The SMILES string of the molecule is C[C@@H]1CN(c2cc(F)c(-c3cnc(N4CCO[C@@H](C)C4)nc3)c(F)c2NC(=O)c2cn(C)c(=O)cc2C(F)(F)F)C[C@H](C)N1C.O=CO. The summed E-state index contributed by atoms with van der Waals surface area (Å²) >= 11 is 0. The van der Waals surface area contributed by atoms with E-state index in [1.807, 2.05) is 32.7 Å². The second-order valence-corrected chi connectivity index (χ2v) is 11.7. The Morgan fingerprint density at radius 3 is 2.21 bits per heavy atom. The second kappa shape index (κ2) is 14.6. The molecule has 0 aliphatic carbocycles. The van der Waals surface area contributed by atoms with Gasteiger partial charge in [-0.15, -0.1) is 0 Å². The molecule has 2 fully saturated rings. The number of hydrogen-bond acceptors (Lipinski definition) is 9. The summed E-state index contributed by atoms with van der Waals surface area (Å²) in [5, 5.41) is 9.17. The van der Waals surface area contributed by atoms with Gasteiger partial charge in [0.25, 0.3) is 17.9 Å². The fourth-order valence-electron chi connectivity index (χ4n) is 5.68. The second-order valence-electron chi connectivity index (χ2n) is 11.7. The standard InChI is InChI=1S/C30H34F5N7O3.CH2O2/c1-16-12-42(13-17(2)40(16)5)23-9-22(31)25(19-10-36-29(37-11-19)41-6-7-45-18(3)14-41)26(32)27(23)38-28(44)20-15-39(4)24(43)8-21(20)30(33,34)35;2-1-3/h8-11,15-18H,6-7,12-14H2,1-5H3,(H,38,44);1H,(H,2,3)/t16-,17+,18-;/m0./s1. The summed E-state index contributed by atoms with van der Waals surface area (Å²) in [5.41, 5.74) is -4.48. The van der Waals surface area contributed by atoms with E-state index in [0.29, 0.717) is 44.8 Å². The first-order valence-electron chi connectivity index (χ1n) is 14.9. The molecule has 4 heterocycles. The Morgan fingerprint density at radius 1 is 1.04 bits per heavy atom. The molecule has 0 saturated carbocycles. The number of amides is 1. The van der Waals surface area contributed by atoms with Crippen molar-refractivity contribution in [2.75, 3.05) is 55.0 Å². The number of benzene rings is 1. The van der Waals surface area contributed by atoms with Crippen LogP contribution in [0.1, 0.15) is 36.7 Å². The molecule has 0 radical (unpaired) electrons. The topological polar surface area (TPSA) is 133 Å². The molecule has 1 aromatic carbocycles. The van der Waals surface area contributed by atoms with Crippen molar-refractivity contribution in [1.82, 2.24) is 19.4 Å². The summed E-state index contributed by atoms with van der Waals surface area (Å²) in [7, 11) is 3.11. The summed E-state index contributed by atoms with van der Waals surface area (Å²) in [4.78, 5) is 48.0. The molecule has 2 saturated heterocycles. The number of anilines is 3. The summed E-state index contributed by atoms with van der Waals surface area (Å²) in [5.74, 6) is -3.14. The van der Waals surface area contributed by atoms with Crippen LogP contribution in [0.2, 0.25) is 0 Å². The van der Waals surface area contributed by atoms with Gasteiger partial charge in [-0.05, 0) is 27.8 Å². The van der Waals surface area contributed by atoms with Crippen molar-refractivity contribution in [1.29, 1.82) is 0 Å². The van der Waals surface area contributed by atoms with Gasteiger partial charge >= 0.3 is 6.18 Å². The zero-order chi connectivity index (χ0) is 35.5. The maximum absolute atomic E-state index is 16.5. The first-order chi connectivity index (χ1) is 22.6. The summed E-state index contributed by atoms with van der Waals surface area (Å²) in [6, 6.07) is 1.27. The van der Waals surface area contributed by atoms with E-state index in [0.717, 1.165) is 16.8 Å². The summed E-state index contributed by atoms with van der Waals surface area (Å²) in [6.07, 6.45) is -1.86. The normalized spacial score (nSPS) is 20.2. The third kappa shape index (κ3) is 7.73. The highest BCUT2D eigenvalue weighted by Crippen LogP contribution is 2.40. The lowest BCUT2D eigenvalue weighted by atomic mass is 10.0. The lowest BCUT2D eigenvalue weighted by molar-refractivity contribution is -0.138. The van der Waals surface area contributed by atoms with Crippen LogP contribution in [0, 0.1) is 11.6 Å². The highest BCUT2D eigenvalue weighted by Gasteiger charge is 2.37. The molecular formula is C31H36F5N7O5. The molecule has 3 aromatic rings. The lowest BCUT2D eigenvalue weighted by Gasteiger charge is -2.44. The molecule has 2 N–H and O–H groups in total. The molecule has 0 unspecified atom stereocenters. The van der Waals surface area contributed by atoms with E-state index in [9.17, 15) is 22.8 Å². The molecule has 2 aromatic heterocycles. The smallest absolute Gasteiger partial charge is 0.417 e. The number of alkyl halides is 3. The molecule has 1 amide bonds. The molecular weight excluding hydrogens is 645 g/mol. The number of carbonyl (C=O) groups excluding carboxylic acids is 1. The zero-order valence-electron chi connectivity index (χ0n) is 26.9. The molecule has 12 nitrogen and oxygen atoms in total. The average molecular weight is 682 g/mol. The van der Waals surface area contributed by atoms with Crippen molar-refractivity contribution in [2.24, 2.45) is 7.05 Å². The van der Waals surface area contributed by atoms with Crippen LogP contribution >= 0.6 is 0 Å². The molecule has 260 valence electrons. The van der Waals surface area contributed by atoms with Crippen LogP contribution in [0.5, 0.6) is 0 Å². The molecule has 0 spiro atoms. The Hall–Kier alpha value is -4.64. The number of carboxylic acid groups (broad SMARTS) is 1. The zero-order valence-corrected chi connectivity index (χ0v) is 26.9. The van der Waals surface area contributed by atoms with E-state index in [1.165, 1.54) is 19.4 Å². The number of nitrogens with one attached hydrogen (secondary N) is 1. The number of aromatic nitrogens is 3. The molecule has 3 atom stereocenters. The van der Waals surface area contributed by atoms with Gasteiger partial charge in [0, 0.05) is 81.6 Å². The van der Waals surface area contributed by atoms with Crippen molar-refractivity contribution >= 4 is 29.7 Å². The molecule has 0 bridgehead atoms. The van der Waals surface area contributed by atoms with Gasteiger partial charge in [0.2, 0.25) is 5.95 Å². The fraction of sp³-hybridized carbons (Fsp3) is 0.452. The summed E-state index contributed by atoms with van der Waals surface area (Å²) in [6.45, 7) is 7.68. The summed E-state index contributed by atoms with van der Waals surface area (Å²) < 4.78 is 80.3. The lowest BCUT2D eigenvalue weighted by Crippen LogP contribution is -2.55. The van der Waals surface area contributed by atoms with Crippen molar-refractivity contribution < 1.29 is 41.4 Å². The monoisotopic (exact) mass is 681 g/mol. The van der Waals surface area contributed by atoms with E-state index < -0.39 is 51.7 Å². The van der Waals surface area contributed by atoms with Crippen molar-refractivity contribution in [2.45, 2.75) is 45.1 Å². The third-order valence-electron chi connectivity index (χ3n) is 8.37. The Bertz CT molecular complexity index is 1690. The molecule has 48 heavy (non-hydrogen) atoms. The quantitative estimate of drug-likeness (QED) is 0.302. The van der Waals surface area contributed by atoms with E-state index in [4.69, 9.17) is 14.6 Å². The number of ether oxygens (including phenoxy) is 1. The van der Waals surface area contributed by atoms with Crippen LogP contribution in [0.25, 0.3) is 11.1 Å². The van der Waals surface area contributed by atoms with Crippen LogP contribution in [0.3, 0.4) is 0 Å². The van der Waals surface area contributed by atoms with E-state index in [2.05, 4.69) is 20.2 Å². The van der Waals surface area contributed by atoms with Gasteiger partial charge in [-0.3, -0.25) is 19.3 Å². The van der Waals surface area contributed by atoms with Gasteiger partial charge in [0.05, 0.1) is 35.1 Å². The first-order valence-corrected chi connectivity index (χ1v) is 14.9. The van der Waals surface area contributed by atoms with Crippen LogP contribution in [-0.2, 0) is 22.8 Å². The van der Waals surface area contributed by atoms with Crippen LogP contribution in [0.4, 0.5) is 39.3 Å². The number of halogens is 5. The minimum Gasteiger partial charge on any atom is -0.483 e. The first kappa shape index (κ1) is 36.2. The van der Waals surface area contributed by atoms with Crippen LogP contribution < -0.4 is 20.7 Å².